The van der Waals surface area contributed by atoms with Crippen molar-refractivity contribution in [3.63, 3.8) is 0 Å². The molecule has 0 atom stereocenters. The molecule has 3 aromatic heterocycles. The van der Waals surface area contributed by atoms with Gasteiger partial charge in [-0.2, -0.15) is 52.7 Å². The first-order valence-corrected chi connectivity index (χ1v) is 38.3. The quantitative estimate of drug-likeness (QED) is 0.0606. The van der Waals surface area contributed by atoms with Crippen molar-refractivity contribution < 1.29 is 81.3 Å². The fourth-order valence-electron chi connectivity index (χ4n) is 11.6. The summed E-state index contributed by atoms with van der Waals surface area (Å²) < 4.78 is 166. The van der Waals surface area contributed by atoms with Gasteiger partial charge in [0.1, 0.15) is 35.5 Å². The minimum atomic E-state index is -4.33. The van der Waals surface area contributed by atoms with Crippen molar-refractivity contribution in [1.29, 1.82) is 0 Å². The minimum Gasteiger partial charge on any atom is -0.444 e. The predicted octanol–water partition coefficient (Wildman–Crippen LogP) is 17.0. The second-order valence-corrected chi connectivity index (χ2v) is 30.3. The van der Waals surface area contributed by atoms with E-state index in [2.05, 4.69) is 55.8 Å². The van der Waals surface area contributed by atoms with E-state index < -0.39 is 52.6 Å². The number of halogens is 12. The highest BCUT2D eigenvalue weighted by molar-refractivity contribution is 7.80. The number of ether oxygens (including phenoxy) is 3. The maximum absolute atomic E-state index is 12.7. The van der Waals surface area contributed by atoms with Gasteiger partial charge in [0, 0.05) is 167 Å². The van der Waals surface area contributed by atoms with E-state index in [1.165, 1.54) is 25.0 Å². The molecule has 7 aromatic rings. The first-order valence-electron chi connectivity index (χ1n) is 37.5. The number of nitrogens with zero attached hydrogens (tertiary/aromatic N) is 10. The fourth-order valence-corrected chi connectivity index (χ4v) is 12.1. The lowest BCUT2D eigenvalue weighted by molar-refractivity contribution is -0.138. The summed E-state index contributed by atoms with van der Waals surface area (Å²) in [5.41, 5.74) is 3.58. The molecule has 0 saturated carbocycles. The van der Waals surface area contributed by atoms with E-state index in [9.17, 15) is 67.1 Å². The number of thiocarbonyl (C=S) groups is 2. The lowest BCUT2D eigenvalue weighted by Crippen LogP contribution is -2.49. The van der Waals surface area contributed by atoms with Gasteiger partial charge >= 0.3 is 36.9 Å². The third kappa shape index (κ3) is 37.1. The van der Waals surface area contributed by atoms with Gasteiger partial charge in [-0.3, -0.25) is 24.1 Å². The molecule has 0 radical (unpaired) electrons. The first kappa shape index (κ1) is 97.7. The molecule has 20 nitrogen and oxygen atoms in total. The fraction of sp³-hybridized carbons (Fsp3) is 0.488. The molecule has 5 aliphatic heterocycles. The molecule has 0 unspecified atom stereocenters. The zero-order valence-corrected chi connectivity index (χ0v) is 68.0. The highest BCUT2D eigenvalue weighted by Gasteiger charge is 2.34. The van der Waals surface area contributed by atoms with Gasteiger partial charge in [0.2, 0.25) is 0 Å². The van der Waals surface area contributed by atoms with E-state index >= 15 is 0 Å². The summed E-state index contributed by atoms with van der Waals surface area (Å²) in [5.74, 6) is 1.51. The number of alkyl halides is 12. The van der Waals surface area contributed by atoms with Gasteiger partial charge in [-0.05, 0) is 207 Å². The van der Waals surface area contributed by atoms with Gasteiger partial charge < -0.3 is 50.2 Å². The van der Waals surface area contributed by atoms with Crippen LogP contribution >= 0.6 is 24.4 Å². The molecule has 4 N–H and O–H groups in total. The number of aldehydes is 1. The third-order valence-electron chi connectivity index (χ3n) is 17.3. The number of aryl methyl sites for hydroxylation is 4. The Morgan fingerprint density at radius 1 is 0.466 bits per heavy atom. The van der Waals surface area contributed by atoms with E-state index in [0.29, 0.717) is 55.8 Å². The van der Waals surface area contributed by atoms with Crippen molar-refractivity contribution >= 4 is 64.8 Å². The van der Waals surface area contributed by atoms with Crippen LogP contribution in [0.3, 0.4) is 0 Å². The monoisotopic (exact) mass is 1680 g/mol. The van der Waals surface area contributed by atoms with Crippen LogP contribution in [0.4, 0.5) is 73.9 Å². The van der Waals surface area contributed by atoms with Crippen LogP contribution in [0.15, 0.2) is 140 Å². The minimum absolute atomic E-state index is 0. The smallest absolute Gasteiger partial charge is 0.416 e. The lowest BCUT2D eigenvalue weighted by atomic mass is 10.1. The summed E-state index contributed by atoms with van der Waals surface area (Å²) in [6.07, 6.45) is -9.52. The van der Waals surface area contributed by atoms with Crippen molar-refractivity contribution in [2.75, 3.05) is 129 Å². The summed E-state index contributed by atoms with van der Waals surface area (Å²) in [5, 5.41) is 13.9. The normalized spacial score (nSPS) is 15.6. The number of carbonyl (C=O) groups excluding carboxylic acids is 3. The summed E-state index contributed by atoms with van der Waals surface area (Å²) in [6.45, 7) is 35.5. The number of carbonyl (C=O) groups is 3. The Morgan fingerprint density at radius 3 is 1.10 bits per heavy atom. The van der Waals surface area contributed by atoms with E-state index in [0.717, 1.165) is 210 Å². The number of aromatic nitrogens is 4. The summed E-state index contributed by atoms with van der Waals surface area (Å²) in [4.78, 5) is 58.4. The number of imidazole rings is 1. The molecular weight excluding hydrogens is 1570 g/mol. The second kappa shape index (κ2) is 46.3. The average Bonchev–Trinajstić information content (AvgIpc) is 0.880. The van der Waals surface area contributed by atoms with Crippen molar-refractivity contribution in [3.05, 3.63) is 207 Å². The molecule has 5 aliphatic rings. The molecule has 0 aliphatic carbocycles. The van der Waals surface area contributed by atoms with Crippen molar-refractivity contribution in [2.45, 2.75) is 145 Å². The van der Waals surface area contributed by atoms with E-state index in [1.807, 2.05) is 93.5 Å². The molecular formula is C82H108F12N14O6S2. The molecule has 12 rings (SSSR count). The second-order valence-electron chi connectivity index (χ2n) is 29.6. The Hall–Kier alpha value is -8.90. The summed E-state index contributed by atoms with van der Waals surface area (Å²) >= 11 is 10.7. The van der Waals surface area contributed by atoms with Crippen LogP contribution in [0, 0.1) is 27.7 Å². The molecule has 5 saturated heterocycles. The largest absolute Gasteiger partial charge is 0.444 e. The van der Waals surface area contributed by atoms with E-state index in [4.69, 9.17) is 38.6 Å². The van der Waals surface area contributed by atoms with Gasteiger partial charge in [-0.25, -0.2) is 24.5 Å². The number of benzene rings is 4. The van der Waals surface area contributed by atoms with Crippen molar-refractivity contribution in [1.82, 2.24) is 59.6 Å². The topological polar surface area (TPSA) is 190 Å². The van der Waals surface area contributed by atoms with E-state index in [1.54, 1.807) is 57.4 Å². The van der Waals surface area contributed by atoms with Crippen LogP contribution in [0.2, 0.25) is 0 Å². The molecule has 2 amide bonds. The number of hydrogen-bond donors (Lipinski definition) is 4. The molecule has 0 spiro atoms. The van der Waals surface area contributed by atoms with Gasteiger partial charge in [0.05, 0.1) is 22.3 Å². The standard InChI is InChI=1S/C20H23F3N4S.C17H23F3N2O2.C12H15F3N2.C11H12N4S.C9H18N2O2.C8H5F3O.C4H8O.CH4/c1-14-11-15(2)24-18(12-14)25-19(28)27-9-7-26(8-10-27)13-16-3-5-17(6-4-16)20(21,22)23;1-16(2,3)24-15(23)22-10-8-21(9-11-22)12-13-4-6-14(7-5-13)17(18,19)20;13-12(14,15)11-3-1-10(2-4-11)9-17-7-5-16-6-8-17;1-8-5-9(2)13-10(6-8)14-11(16)15-4-3-12-7-15;1-9(2,3)13-8(12)11-6-4-10-5-7-11;9-8(10,11)7-3-1-6(5-12)2-4-7;1-2-4-5-3-1;/h3-6,11-12H,7-10,13H2,1-2H3,(H,24,25,28);4-7H,8-12H2,1-3H3;1-4,16H,5-9H2;3-7H,1-2H3,(H,13,14,16);10H,4-7H2,1-3H3;1-5H;1-4H2;1H4. The van der Waals surface area contributed by atoms with Gasteiger partial charge in [0.25, 0.3) is 0 Å². The van der Waals surface area contributed by atoms with Crippen LogP contribution in [0.5, 0.6) is 0 Å². The number of nitrogens with one attached hydrogen (secondary N) is 4. The maximum Gasteiger partial charge on any atom is 0.416 e. The SMILES string of the molecule is C.C1CCOC1.CC(C)(C)OC(=O)N1CCN(Cc2ccc(C(F)(F)F)cc2)CC1.CC(C)(C)OC(=O)N1CCNCC1.Cc1cc(C)nc(NC(=S)N2CCN(Cc3ccc(C(F)(F)F)cc3)CC2)c1.Cc1cc(C)nc(NC(=S)n2ccnc2)c1.FC(F)(F)c1ccc(CN2CCNCC2)cc1.O=Cc1ccc(C(F)(F)F)cc1. The average molecular weight is 1680 g/mol. The van der Waals surface area contributed by atoms with Crippen LogP contribution in [0.25, 0.3) is 0 Å². The van der Waals surface area contributed by atoms with Crippen LogP contribution in [-0.2, 0) is 58.6 Å². The number of amides is 2. The Balaban J connectivity index is 0.000000250. The molecule has 5 fully saturated rings. The highest BCUT2D eigenvalue weighted by Crippen LogP contribution is 2.33. The maximum atomic E-state index is 12.7. The first-order chi connectivity index (χ1) is 54.0. The Kier molecular flexibility index (Phi) is 39.0. The number of anilines is 2. The van der Waals surface area contributed by atoms with Gasteiger partial charge in [-0.15, -0.1) is 0 Å². The molecule has 0 bridgehead atoms. The van der Waals surface area contributed by atoms with Crippen molar-refractivity contribution in [3.8, 4) is 0 Å². The van der Waals surface area contributed by atoms with Crippen LogP contribution < -0.4 is 21.3 Å². The number of rotatable bonds is 9. The third-order valence-corrected chi connectivity index (χ3v) is 18.0. The predicted molar refractivity (Wildman–Crippen MR) is 434 cm³/mol. The zero-order chi connectivity index (χ0) is 84.7. The molecule has 8 heterocycles. The summed E-state index contributed by atoms with van der Waals surface area (Å²) in [7, 11) is 0. The van der Waals surface area contributed by atoms with Crippen LogP contribution in [-0.4, -0.2) is 207 Å². The Morgan fingerprint density at radius 2 is 0.793 bits per heavy atom. The molecule has 116 heavy (non-hydrogen) atoms. The van der Waals surface area contributed by atoms with Crippen molar-refractivity contribution in [2.24, 2.45) is 0 Å². The Bertz CT molecular complexity index is 4050. The number of pyridine rings is 2. The molecule has 4 aromatic carbocycles. The van der Waals surface area contributed by atoms with Crippen LogP contribution in [0.1, 0.15) is 134 Å². The summed E-state index contributed by atoms with van der Waals surface area (Å²) in [6, 6.07) is 28.0. The van der Waals surface area contributed by atoms with E-state index in [-0.39, 0.29) is 30.8 Å². The van der Waals surface area contributed by atoms with Gasteiger partial charge in [-0.1, -0.05) is 56.0 Å². The highest BCUT2D eigenvalue weighted by atomic mass is 32.1. The van der Waals surface area contributed by atoms with Gasteiger partial charge in [0.15, 0.2) is 10.2 Å². The number of piperazine rings is 4. The lowest BCUT2D eigenvalue weighted by Gasteiger charge is -2.36. The number of hydrogen-bond acceptors (Lipinski definition) is 16. The zero-order valence-electron chi connectivity index (χ0n) is 66.4. The Labute approximate surface area is 683 Å². The molecule has 638 valence electrons. The molecule has 34 heteroatoms.